The molecule has 3 rings (SSSR count). The lowest BCUT2D eigenvalue weighted by Crippen LogP contribution is -2.35. The molecule has 0 amide bonds. The largest absolute Gasteiger partial charge is 0.383 e. The highest BCUT2D eigenvalue weighted by atomic mass is 16.5. The molecule has 27 heavy (non-hydrogen) atoms. The minimum atomic E-state index is 0.703. The van der Waals surface area contributed by atoms with Gasteiger partial charge in [0.15, 0.2) is 0 Å². The molecule has 0 aliphatic carbocycles. The van der Waals surface area contributed by atoms with E-state index in [2.05, 4.69) is 54.1 Å². The van der Waals surface area contributed by atoms with Crippen molar-refractivity contribution in [3.8, 4) is 0 Å². The Morgan fingerprint density at radius 3 is 2.52 bits per heavy atom. The van der Waals surface area contributed by atoms with E-state index in [1.54, 1.807) is 0 Å². The molecule has 1 aliphatic heterocycles. The first-order valence-corrected chi connectivity index (χ1v) is 10.3. The Balaban J connectivity index is 1.77. The maximum atomic E-state index is 6.19. The average molecular weight is 368 g/mol. The Morgan fingerprint density at radius 1 is 1.04 bits per heavy atom. The molecular formula is C23H33N3O. The van der Waals surface area contributed by atoms with E-state index in [-0.39, 0.29) is 0 Å². The number of nitrogens with zero attached hydrogens (tertiary/aromatic N) is 2. The first-order chi connectivity index (χ1) is 13.2. The van der Waals surface area contributed by atoms with Crippen LogP contribution in [0.4, 0.5) is 5.82 Å². The number of unbranched alkanes of at least 4 members (excludes halogenated alkanes) is 2. The number of morpholine rings is 1. The van der Waals surface area contributed by atoms with E-state index < -0.39 is 0 Å². The van der Waals surface area contributed by atoms with Gasteiger partial charge in [-0.2, -0.15) is 0 Å². The number of nitrogen functional groups attached to an aromatic ring is 1. The summed E-state index contributed by atoms with van der Waals surface area (Å²) in [6.45, 7) is 9.00. The summed E-state index contributed by atoms with van der Waals surface area (Å²) in [5, 5.41) is 0. The van der Waals surface area contributed by atoms with Crippen LogP contribution < -0.4 is 5.73 Å². The molecule has 1 saturated heterocycles. The lowest BCUT2D eigenvalue weighted by atomic mass is 9.96. The molecule has 146 valence electrons. The van der Waals surface area contributed by atoms with Crippen molar-refractivity contribution in [2.75, 3.05) is 32.0 Å². The summed E-state index contributed by atoms with van der Waals surface area (Å²) in [7, 11) is 0. The van der Waals surface area contributed by atoms with Crippen LogP contribution in [0.5, 0.6) is 0 Å². The summed E-state index contributed by atoms with van der Waals surface area (Å²) in [5.74, 6) is 0.703. The number of ether oxygens (including phenoxy) is 1. The number of benzene rings is 1. The van der Waals surface area contributed by atoms with Crippen LogP contribution in [0.3, 0.4) is 0 Å². The number of pyridine rings is 1. The van der Waals surface area contributed by atoms with Gasteiger partial charge in [-0.3, -0.25) is 4.90 Å². The second-order valence-electron chi connectivity index (χ2n) is 7.57. The normalized spacial score (nSPS) is 15.2. The minimum absolute atomic E-state index is 0.703. The Hall–Kier alpha value is -1.91. The Labute approximate surface area is 163 Å². The highest BCUT2D eigenvalue weighted by Crippen LogP contribution is 2.22. The van der Waals surface area contributed by atoms with Gasteiger partial charge in [0.25, 0.3) is 0 Å². The summed E-state index contributed by atoms with van der Waals surface area (Å²) < 4.78 is 5.48. The highest BCUT2D eigenvalue weighted by Gasteiger charge is 2.14. The van der Waals surface area contributed by atoms with E-state index in [0.29, 0.717) is 5.82 Å². The molecule has 2 N–H and O–H groups in total. The van der Waals surface area contributed by atoms with Crippen molar-refractivity contribution in [3.05, 3.63) is 58.3 Å². The van der Waals surface area contributed by atoms with Crippen LogP contribution in [-0.2, 0) is 24.1 Å². The molecule has 0 bridgehead atoms. The fraction of sp³-hybridized carbons (Fsp3) is 0.522. The summed E-state index contributed by atoms with van der Waals surface area (Å²) in [6.07, 6.45) is 5.58. The van der Waals surface area contributed by atoms with Gasteiger partial charge in [-0.25, -0.2) is 4.98 Å². The summed E-state index contributed by atoms with van der Waals surface area (Å²) >= 11 is 0. The molecular weight excluding hydrogens is 334 g/mol. The maximum Gasteiger partial charge on any atom is 0.126 e. The number of rotatable bonds is 8. The number of nitrogens with two attached hydrogens (primary N) is 1. The number of aryl methyl sites for hydroxylation is 2. The van der Waals surface area contributed by atoms with Gasteiger partial charge in [0.2, 0.25) is 0 Å². The highest BCUT2D eigenvalue weighted by molar-refractivity contribution is 5.45. The predicted octanol–water partition coefficient (Wildman–Crippen LogP) is 4.13. The van der Waals surface area contributed by atoms with Crippen molar-refractivity contribution < 1.29 is 4.74 Å². The number of hydrogen-bond acceptors (Lipinski definition) is 4. The van der Waals surface area contributed by atoms with Crippen molar-refractivity contribution >= 4 is 5.82 Å². The molecule has 1 aromatic heterocycles. The summed E-state index contributed by atoms with van der Waals surface area (Å²) in [4.78, 5) is 7.12. The SMILES string of the molecule is CCCCCc1cc(Cc2ccccc2CN2CCOCC2)c(C)nc1N. The molecule has 4 nitrogen and oxygen atoms in total. The first kappa shape index (κ1) is 19.8. The zero-order valence-electron chi connectivity index (χ0n) is 16.8. The van der Waals surface area contributed by atoms with Crippen LogP contribution in [0.1, 0.15) is 54.1 Å². The second-order valence-corrected chi connectivity index (χ2v) is 7.57. The molecule has 1 aromatic carbocycles. The van der Waals surface area contributed by atoms with Crippen LogP contribution in [0.15, 0.2) is 30.3 Å². The Kier molecular flexibility index (Phi) is 7.25. The van der Waals surface area contributed by atoms with Crippen LogP contribution >= 0.6 is 0 Å². The fourth-order valence-corrected chi connectivity index (χ4v) is 3.75. The smallest absolute Gasteiger partial charge is 0.126 e. The van der Waals surface area contributed by atoms with Crippen LogP contribution in [0.2, 0.25) is 0 Å². The van der Waals surface area contributed by atoms with Crippen LogP contribution in [0.25, 0.3) is 0 Å². The van der Waals surface area contributed by atoms with Crippen molar-refractivity contribution in [3.63, 3.8) is 0 Å². The predicted molar refractivity (Wildman–Crippen MR) is 112 cm³/mol. The zero-order chi connectivity index (χ0) is 19.1. The van der Waals surface area contributed by atoms with Gasteiger partial charge < -0.3 is 10.5 Å². The standard InChI is InChI=1S/C23H33N3O/c1-3-4-5-9-20-16-22(18(2)25-23(20)24)15-19-8-6-7-10-21(19)17-26-11-13-27-14-12-26/h6-8,10,16H,3-5,9,11-15,17H2,1-2H3,(H2,24,25). The van der Waals surface area contributed by atoms with E-state index in [1.165, 1.54) is 41.5 Å². The van der Waals surface area contributed by atoms with E-state index in [9.17, 15) is 0 Å². The lowest BCUT2D eigenvalue weighted by Gasteiger charge is -2.27. The van der Waals surface area contributed by atoms with Gasteiger partial charge in [-0.05, 0) is 48.4 Å². The average Bonchev–Trinajstić information content (AvgIpc) is 2.67. The molecule has 0 spiro atoms. The quantitative estimate of drug-likeness (QED) is 0.713. The monoisotopic (exact) mass is 367 g/mol. The van der Waals surface area contributed by atoms with Crippen molar-refractivity contribution in [2.45, 2.75) is 52.5 Å². The van der Waals surface area contributed by atoms with E-state index >= 15 is 0 Å². The zero-order valence-corrected chi connectivity index (χ0v) is 16.8. The van der Waals surface area contributed by atoms with Gasteiger partial charge in [-0.15, -0.1) is 0 Å². The van der Waals surface area contributed by atoms with Crippen LogP contribution in [0, 0.1) is 6.92 Å². The minimum Gasteiger partial charge on any atom is -0.383 e. The second kappa shape index (κ2) is 9.86. The van der Waals surface area contributed by atoms with Crippen molar-refractivity contribution in [2.24, 2.45) is 0 Å². The fourth-order valence-electron chi connectivity index (χ4n) is 3.75. The number of hydrogen-bond donors (Lipinski definition) is 1. The van der Waals surface area contributed by atoms with Crippen molar-refractivity contribution in [1.29, 1.82) is 0 Å². The third-order valence-electron chi connectivity index (χ3n) is 5.48. The molecule has 1 fully saturated rings. The first-order valence-electron chi connectivity index (χ1n) is 10.3. The van der Waals surface area contributed by atoms with E-state index in [1.807, 2.05) is 0 Å². The van der Waals surface area contributed by atoms with Gasteiger partial charge >= 0.3 is 0 Å². The molecule has 0 unspecified atom stereocenters. The molecule has 4 heteroatoms. The lowest BCUT2D eigenvalue weighted by molar-refractivity contribution is 0.0341. The van der Waals surface area contributed by atoms with Gasteiger partial charge in [0.1, 0.15) is 5.82 Å². The molecule has 2 aromatic rings. The molecule has 2 heterocycles. The van der Waals surface area contributed by atoms with Gasteiger partial charge in [0, 0.05) is 25.3 Å². The van der Waals surface area contributed by atoms with Crippen molar-refractivity contribution in [1.82, 2.24) is 9.88 Å². The third-order valence-corrected chi connectivity index (χ3v) is 5.48. The molecule has 1 aliphatic rings. The molecule has 0 saturated carbocycles. The maximum absolute atomic E-state index is 6.19. The molecule has 0 atom stereocenters. The summed E-state index contributed by atoms with van der Waals surface area (Å²) in [6, 6.07) is 11.1. The van der Waals surface area contributed by atoms with E-state index in [0.717, 1.165) is 51.4 Å². The number of anilines is 1. The molecule has 0 radical (unpaired) electrons. The Bertz CT molecular complexity index is 738. The van der Waals surface area contributed by atoms with Crippen LogP contribution in [-0.4, -0.2) is 36.2 Å². The van der Waals surface area contributed by atoms with Gasteiger partial charge in [-0.1, -0.05) is 50.1 Å². The Morgan fingerprint density at radius 2 is 1.78 bits per heavy atom. The topological polar surface area (TPSA) is 51.4 Å². The third kappa shape index (κ3) is 5.53. The number of aromatic nitrogens is 1. The summed E-state index contributed by atoms with van der Waals surface area (Å²) in [5.41, 5.74) is 12.5. The van der Waals surface area contributed by atoms with Gasteiger partial charge in [0.05, 0.1) is 13.2 Å². The van der Waals surface area contributed by atoms with E-state index in [4.69, 9.17) is 10.5 Å².